The lowest BCUT2D eigenvalue weighted by molar-refractivity contribution is -0.197. The molecule has 4 rings (SSSR count). The molecule has 1 aromatic rings. The van der Waals surface area contributed by atoms with Gasteiger partial charge < -0.3 is 14.3 Å². The molecule has 0 radical (unpaired) electrons. The summed E-state index contributed by atoms with van der Waals surface area (Å²) >= 11 is 3.92. The first-order chi connectivity index (χ1) is 14.1. The summed E-state index contributed by atoms with van der Waals surface area (Å²) in [4.78, 5) is 39.7. The summed E-state index contributed by atoms with van der Waals surface area (Å²) in [5.41, 5.74) is 1.25. The third kappa shape index (κ3) is 5.01. The van der Waals surface area contributed by atoms with Crippen LogP contribution in [-0.4, -0.2) is 40.6 Å². The van der Waals surface area contributed by atoms with Crippen LogP contribution in [0, 0.1) is 0 Å². The minimum Gasteiger partial charge on any atom is -0.454 e. The van der Waals surface area contributed by atoms with Crippen molar-refractivity contribution >= 4 is 41.3 Å². The van der Waals surface area contributed by atoms with E-state index in [0.29, 0.717) is 21.3 Å². The van der Waals surface area contributed by atoms with Gasteiger partial charge in [0.2, 0.25) is 6.79 Å². The fourth-order valence-corrected chi connectivity index (χ4v) is 6.89. The van der Waals surface area contributed by atoms with Gasteiger partial charge in [0.15, 0.2) is 11.5 Å². The van der Waals surface area contributed by atoms with Gasteiger partial charge in [-0.2, -0.15) is 0 Å². The van der Waals surface area contributed by atoms with Crippen LogP contribution < -0.4 is 9.47 Å². The van der Waals surface area contributed by atoms with Crippen molar-refractivity contribution in [3.8, 4) is 11.5 Å². The van der Waals surface area contributed by atoms with Gasteiger partial charge in [0.1, 0.15) is 0 Å². The monoisotopic (exact) mass is 437 g/mol. The zero-order chi connectivity index (χ0) is 20.2. The standard InChI is InChI=1S/C20H23NO6S2/c22-17-7-8-18(23)21(17)27-19(24)4-2-1-3-14-9-10-28-20(29-14)13-5-6-15-16(11-13)26-12-25-15/h5-6,11,14,20H,1-4,7-10,12H2. The average Bonchev–Trinajstić information content (AvgIpc) is 3.32. The maximum Gasteiger partial charge on any atom is 0.333 e. The summed E-state index contributed by atoms with van der Waals surface area (Å²) in [6.45, 7) is 0.287. The van der Waals surface area contributed by atoms with E-state index in [2.05, 4.69) is 12.1 Å². The first-order valence-electron chi connectivity index (χ1n) is 9.83. The van der Waals surface area contributed by atoms with E-state index >= 15 is 0 Å². The Balaban J connectivity index is 1.19. The minimum atomic E-state index is -0.515. The number of amides is 2. The van der Waals surface area contributed by atoms with E-state index in [1.54, 1.807) is 0 Å². The van der Waals surface area contributed by atoms with Gasteiger partial charge in [-0.15, -0.1) is 28.6 Å². The van der Waals surface area contributed by atoms with Crippen LogP contribution in [0.5, 0.6) is 11.5 Å². The second-order valence-electron chi connectivity index (χ2n) is 7.15. The zero-order valence-corrected chi connectivity index (χ0v) is 17.6. The topological polar surface area (TPSA) is 82.1 Å². The molecular weight excluding hydrogens is 414 g/mol. The van der Waals surface area contributed by atoms with Crippen LogP contribution in [0.4, 0.5) is 0 Å². The van der Waals surface area contributed by atoms with Gasteiger partial charge in [-0.3, -0.25) is 9.59 Å². The number of benzene rings is 1. The molecule has 0 aliphatic carbocycles. The Kier molecular flexibility index (Phi) is 6.54. The number of rotatable bonds is 7. The molecule has 2 fully saturated rings. The molecule has 9 heteroatoms. The molecule has 2 saturated heterocycles. The van der Waals surface area contributed by atoms with Gasteiger partial charge in [-0.05, 0) is 42.7 Å². The Morgan fingerprint density at radius 2 is 1.93 bits per heavy atom. The van der Waals surface area contributed by atoms with Gasteiger partial charge in [-0.25, -0.2) is 4.79 Å². The highest BCUT2D eigenvalue weighted by molar-refractivity contribution is 8.17. The first kappa shape index (κ1) is 20.4. The largest absolute Gasteiger partial charge is 0.454 e. The second kappa shape index (κ2) is 9.30. The van der Waals surface area contributed by atoms with E-state index in [1.165, 1.54) is 5.56 Å². The molecule has 2 amide bonds. The highest BCUT2D eigenvalue weighted by Crippen LogP contribution is 2.50. The van der Waals surface area contributed by atoms with E-state index in [9.17, 15) is 14.4 Å². The van der Waals surface area contributed by atoms with Crippen molar-refractivity contribution in [3.63, 3.8) is 0 Å². The van der Waals surface area contributed by atoms with E-state index in [-0.39, 0.29) is 26.1 Å². The van der Waals surface area contributed by atoms with Gasteiger partial charge in [0.25, 0.3) is 11.8 Å². The molecule has 156 valence electrons. The van der Waals surface area contributed by atoms with Gasteiger partial charge in [0.05, 0.1) is 4.58 Å². The lowest BCUT2D eigenvalue weighted by Crippen LogP contribution is -2.31. The van der Waals surface area contributed by atoms with Gasteiger partial charge in [0, 0.05) is 24.5 Å². The number of thioether (sulfide) groups is 2. The van der Waals surface area contributed by atoms with Gasteiger partial charge >= 0.3 is 5.97 Å². The number of imide groups is 1. The maximum atomic E-state index is 11.9. The van der Waals surface area contributed by atoms with Crippen molar-refractivity contribution in [1.82, 2.24) is 5.06 Å². The number of unbranched alkanes of at least 4 members (excludes halogenated alkanes) is 1. The summed E-state index contributed by atoms with van der Waals surface area (Å²) in [6, 6.07) is 6.16. The number of hydrogen-bond acceptors (Lipinski definition) is 8. The molecular formula is C20H23NO6S2. The Labute approximate surface area is 177 Å². The molecule has 0 saturated carbocycles. The van der Waals surface area contributed by atoms with Crippen LogP contribution in [0.2, 0.25) is 0 Å². The van der Waals surface area contributed by atoms with Crippen LogP contribution in [0.3, 0.4) is 0 Å². The predicted octanol–water partition coefficient (Wildman–Crippen LogP) is 3.82. The molecule has 3 aliphatic heterocycles. The first-order valence-corrected chi connectivity index (χ1v) is 11.8. The van der Waals surface area contributed by atoms with Crippen molar-refractivity contribution in [2.45, 2.75) is 54.8 Å². The summed E-state index contributed by atoms with van der Waals surface area (Å²) in [5, 5.41) is 1.16. The van der Waals surface area contributed by atoms with E-state index in [1.807, 2.05) is 29.6 Å². The Morgan fingerprint density at radius 1 is 1.14 bits per heavy atom. The normalized spacial score (nSPS) is 23.5. The SMILES string of the molecule is O=C(CCCCC1CCSC(c2ccc3c(c2)OCO3)S1)ON1C(=O)CCC1=O. The Hall–Kier alpha value is -1.87. The zero-order valence-electron chi connectivity index (χ0n) is 16.0. The summed E-state index contributed by atoms with van der Waals surface area (Å²) in [5.74, 6) is 1.35. The van der Waals surface area contributed by atoms with Crippen LogP contribution in [0.25, 0.3) is 0 Å². The summed E-state index contributed by atoms with van der Waals surface area (Å²) in [6.07, 6.45) is 4.23. The predicted molar refractivity (Wildman–Crippen MR) is 109 cm³/mol. The number of hydroxylamine groups is 2. The Bertz CT molecular complexity index is 785. The van der Waals surface area contributed by atoms with Crippen LogP contribution in [-0.2, 0) is 19.2 Å². The molecule has 0 spiro atoms. The molecule has 3 aliphatic rings. The quantitative estimate of drug-likeness (QED) is 0.470. The number of carbonyl (C=O) groups excluding carboxylic acids is 3. The van der Waals surface area contributed by atoms with Crippen molar-refractivity contribution in [3.05, 3.63) is 23.8 Å². The fraction of sp³-hybridized carbons (Fsp3) is 0.550. The second-order valence-corrected chi connectivity index (χ2v) is 10.1. The Morgan fingerprint density at radius 3 is 2.76 bits per heavy atom. The third-order valence-corrected chi connectivity index (χ3v) is 8.21. The number of nitrogens with zero attached hydrogens (tertiary/aromatic N) is 1. The van der Waals surface area contributed by atoms with Crippen LogP contribution in [0.1, 0.15) is 55.1 Å². The fourth-order valence-electron chi connectivity index (χ4n) is 3.48. The number of carbonyl (C=O) groups is 3. The van der Waals surface area contributed by atoms with Gasteiger partial charge in [-0.1, -0.05) is 12.5 Å². The number of fused-ring (bicyclic) bond motifs is 1. The minimum absolute atomic E-state index is 0.119. The van der Waals surface area contributed by atoms with E-state index in [0.717, 1.165) is 36.5 Å². The molecule has 0 bridgehead atoms. The summed E-state index contributed by atoms with van der Waals surface area (Å²) < 4.78 is 11.3. The molecule has 7 nitrogen and oxygen atoms in total. The molecule has 1 aromatic carbocycles. The lowest BCUT2D eigenvalue weighted by atomic mass is 10.1. The van der Waals surface area contributed by atoms with Crippen LogP contribution >= 0.6 is 23.5 Å². The lowest BCUT2D eigenvalue weighted by Gasteiger charge is -2.28. The highest BCUT2D eigenvalue weighted by atomic mass is 32.2. The molecule has 3 heterocycles. The molecule has 0 N–H and O–H groups in total. The third-order valence-electron chi connectivity index (χ3n) is 5.05. The van der Waals surface area contributed by atoms with Crippen molar-refractivity contribution in [2.24, 2.45) is 0 Å². The number of ether oxygens (including phenoxy) is 2. The molecule has 2 atom stereocenters. The molecule has 2 unspecified atom stereocenters. The summed E-state index contributed by atoms with van der Waals surface area (Å²) in [7, 11) is 0. The van der Waals surface area contributed by atoms with E-state index < -0.39 is 17.8 Å². The van der Waals surface area contributed by atoms with Crippen molar-refractivity contribution in [1.29, 1.82) is 0 Å². The highest BCUT2D eigenvalue weighted by Gasteiger charge is 2.32. The van der Waals surface area contributed by atoms with Crippen molar-refractivity contribution < 1.29 is 28.7 Å². The number of hydrogen-bond donors (Lipinski definition) is 0. The average molecular weight is 438 g/mol. The smallest absolute Gasteiger partial charge is 0.333 e. The van der Waals surface area contributed by atoms with E-state index in [4.69, 9.17) is 14.3 Å². The van der Waals surface area contributed by atoms with Crippen molar-refractivity contribution in [2.75, 3.05) is 12.5 Å². The molecule has 29 heavy (non-hydrogen) atoms. The van der Waals surface area contributed by atoms with Crippen LogP contribution in [0.15, 0.2) is 18.2 Å². The molecule has 0 aromatic heterocycles. The maximum absolute atomic E-state index is 11.9.